The summed E-state index contributed by atoms with van der Waals surface area (Å²) in [5, 5.41) is 27.3. The zero-order chi connectivity index (χ0) is 28.9. The topological polar surface area (TPSA) is 151 Å². The Kier molecular flexibility index (Phi) is 7.07. The first-order valence-electron chi connectivity index (χ1n) is 13.4. The summed E-state index contributed by atoms with van der Waals surface area (Å²) in [6, 6.07) is 8.18. The van der Waals surface area contributed by atoms with Gasteiger partial charge in [-0.15, -0.1) is 0 Å². The van der Waals surface area contributed by atoms with Crippen LogP contribution in [0.1, 0.15) is 58.4 Å². The van der Waals surface area contributed by atoms with Gasteiger partial charge in [0.15, 0.2) is 0 Å². The first-order valence-corrected chi connectivity index (χ1v) is 14.9. The number of non-ortho nitro benzene ring substituents is 2. The normalized spacial score (nSPS) is 24.5. The number of anilines is 2. The number of hydrogen-bond acceptors (Lipinski definition) is 9. The van der Waals surface area contributed by atoms with Gasteiger partial charge in [-0.25, -0.2) is 8.42 Å². The molecule has 1 N–H and O–H groups in total. The summed E-state index contributed by atoms with van der Waals surface area (Å²) < 4.78 is 29.2. The highest BCUT2D eigenvalue weighted by atomic mass is 32.2. The molecule has 5 rings (SSSR count). The van der Waals surface area contributed by atoms with Gasteiger partial charge in [0, 0.05) is 61.2 Å². The van der Waals surface area contributed by atoms with Crippen molar-refractivity contribution in [3.05, 3.63) is 62.2 Å². The van der Waals surface area contributed by atoms with Gasteiger partial charge in [-0.1, -0.05) is 20.8 Å². The molecule has 13 heteroatoms. The van der Waals surface area contributed by atoms with E-state index in [1.807, 2.05) is 0 Å². The standard InChI is InChI=1S/C27H34N6O6S/c1-26(2)15-23-16-27(26,3)18-31(23)40(38,39)25-14-20(32(34)35)7-8-24(25)29-28-17-19-11-21(13-22(12-19)33(36)37)30-9-5-4-6-10-30/h7-8,11-14,17,23,29H,4-6,9-10,15-16,18H2,1-3H3/b28-17-/t23-,27-/m0/s1. The molecule has 0 unspecified atom stereocenters. The van der Waals surface area contributed by atoms with Crippen molar-refractivity contribution in [3.8, 4) is 0 Å². The Labute approximate surface area is 233 Å². The molecular weight excluding hydrogens is 536 g/mol. The van der Waals surface area contributed by atoms with Crippen molar-refractivity contribution in [1.82, 2.24) is 4.31 Å². The molecule has 0 radical (unpaired) electrons. The fourth-order valence-corrected chi connectivity index (χ4v) is 8.22. The molecule has 2 heterocycles. The summed E-state index contributed by atoms with van der Waals surface area (Å²) in [6.07, 6.45) is 5.99. The molecule has 0 aromatic heterocycles. The fourth-order valence-electron chi connectivity index (χ4n) is 6.31. The molecule has 2 saturated heterocycles. The number of rotatable bonds is 8. The van der Waals surface area contributed by atoms with Crippen molar-refractivity contribution in [2.45, 2.75) is 63.8 Å². The molecule has 40 heavy (non-hydrogen) atoms. The van der Waals surface area contributed by atoms with Gasteiger partial charge in [0.1, 0.15) is 4.90 Å². The second-order valence-electron chi connectivity index (χ2n) is 12.0. The van der Waals surface area contributed by atoms with Crippen LogP contribution in [-0.2, 0) is 10.0 Å². The SMILES string of the molecule is CC1(C)C[C@H]2C[C@@]1(C)CN2S(=O)(=O)c1cc([N+](=O)[O-])ccc1N/N=C\c1cc(N2CCCCC2)cc([N+](=O)[O-])c1. The average Bonchev–Trinajstić information content (AvgIpc) is 3.37. The van der Waals surface area contributed by atoms with Gasteiger partial charge >= 0.3 is 0 Å². The molecule has 0 spiro atoms. The Morgan fingerprint density at radius 3 is 2.27 bits per heavy atom. The van der Waals surface area contributed by atoms with Crippen LogP contribution < -0.4 is 10.3 Å². The van der Waals surface area contributed by atoms with Gasteiger partial charge in [-0.2, -0.15) is 9.41 Å². The van der Waals surface area contributed by atoms with Crippen molar-refractivity contribution in [2.24, 2.45) is 15.9 Å². The zero-order valence-electron chi connectivity index (χ0n) is 22.9. The smallest absolute Gasteiger partial charge is 0.272 e. The van der Waals surface area contributed by atoms with Crippen LogP contribution in [-0.4, -0.2) is 54.5 Å². The predicted octanol–water partition coefficient (Wildman–Crippen LogP) is 5.14. The maximum Gasteiger partial charge on any atom is 0.272 e. The van der Waals surface area contributed by atoms with Gasteiger partial charge < -0.3 is 4.90 Å². The minimum absolute atomic E-state index is 0.0108. The number of benzene rings is 2. The summed E-state index contributed by atoms with van der Waals surface area (Å²) in [5.41, 5.74) is 3.42. The molecule has 12 nitrogen and oxygen atoms in total. The number of nitrogens with zero attached hydrogens (tertiary/aromatic N) is 5. The third kappa shape index (κ3) is 5.03. The van der Waals surface area contributed by atoms with Crippen molar-refractivity contribution in [3.63, 3.8) is 0 Å². The van der Waals surface area contributed by atoms with E-state index in [0.29, 0.717) is 18.5 Å². The number of nitro groups is 2. The van der Waals surface area contributed by atoms with Crippen LogP contribution in [0.4, 0.5) is 22.7 Å². The van der Waals surface area contributed by atoms with Crippen LogP contribution in [0, 0.1) is 31.1 Å². The highest BCUT2D eigenvalue weighted by Crippen LogP contribution is 2.60. The zero-order valence-corrected chi connectivity index (χ0v) is 23.7. The monoisotopic (exact) mass is 570 g/mol. The molecule has 2 aliphatic heterocycles. The van der Waals surface area contributed by atoms with Gasteiger partial charge in [-0.3, -0.25) is 25.7 Å². The Morgan fingerprint density at radius 2 is 1.68 bits per heavy atom. The second kappa shape index (κ2) is 10.1. The summed E-state index contributed by atoms with van der Waals surface area (Å²) in [6.45, 7) is 8.36. The van der Waals surface area contributed by atoms with Crippen molar-refractivity contribution < 1.29 is 18.3 Å². The summed E-state index contributed by atoms with van der Waals surface area (Å²) in [5.74, 6) is 0. The van der Waals surface area contributed by atoms with Gasteiger partial charge in [0.05, 0.1) is 21.7 Å². The molecule has 2 aromatic rings. The van der Waals surface area contributed by atoms with E-state index in [1.54, 1.807) is 12.1 Å². The number of hydrazone groups is 1. The van der Waals surface area contributed by atoms with Crippen LogP contribution in [0.2, 0.25) is 0 Å². The van der Waals surface area contributed by atoms with Gasteiger partial charge in [0.25, 0.3) is 11.4 Å². The molecule has 3 aliphatic rings. The van der Waals surface area contributed by atoms with E-state index < -0.39 is 19.9 Å². The average molecular weight is 571 g/mol. The van der Waals surface area contributed by atoms with Crippen molar-refractivity contribution in [2.75, 3.05) is 30.0 Å². The third-order valence-electron chi connectivity index (χ3n) is 9.00. The van der Waals surface area contributed by atoms with Crippen molar-refractivity contribution >= 4 is 39.0 Å². The van der Waals surface area contributed by atoms with E-state index in [0.717, 1.165) is 50.5 Å². The number of hydrogen-bond donors (Lipinski definition) is 1. The lowest BCUT2D eigenvalue weighted by atomic mass is 9.69. The largest absolute Gasteiger partial charge is 0.371 e. The Morgan fingerprint density at radius 1 is 0.975 bits per heavy atom. The first kappa shape index (κ1) is 28.0. The van der Waals surface area contributed by atoms with Crippen LogP contribution in [0.25, 0.3) is 0 Å². The summed E-state index contributed by atoms with van der Waals surface area (Å²) >= 11 is 0. The minimum atomic E-state index is -4.08. The second-order valence-corrected chi connectivity index (χ2v) is 13.8. The lowest BCUT2D eigenvalue weighted by Crippen LogP contribution is -2.46. The highest BCUT2D eigenvalue weighted by molar-refractivity contribution is 7.89. The van der Waals surface area contributed by atoms with Crippen LogP contribution in [0.15, 0.2) is 46.4 Å². The van der Waals surface area contributed by atoms with E-state index in [9.17, 15) is 28.6 Å². The Balaban J connectivity index is 1.45. The van der Waals surface area contributed by atoms with Crippen LogP contribution in [0.5, 0.6) is 0 Å². The lowest BCUT2D eigenvalue weighted by Gasteiger charge is -2.42. The van der Waals surface area contributed by atoms with E-state index in [4.69, 9.17) is 0 Å². The van der Waals surface area contributed by atoms with Crippen molar-refractivity contribution in [1.29, 1.82) is 0 Å². The molecule has 3 fully saturated rings. The Hall–Kier alpha value is -3.58. The molecule has 2 aromatic carbocycles. The quantitative estimate of drug-likeness (QED) is 0.260. The van der Waals surface area contributed by atoms with Gasteiger partial charge in [-0.05, 0) is 55.1 Å². The maximum atomic E-state index is 13.9. The van der Waals surface area contributed by atoms with Crippen LogP contribution in [0.3, 0.4) is 0 Å². The molecule has 1 saturated carbocycles. The molecule has 214 valence electrons. The van der Waals surface area contributed by atoms with E-state index in [2.05, 4.69) is 36.2 Å². The van der Waals surface area contributed by atoms with E-state index in [1.165, 1.54) is 28.7 Å². The number of nitro benzene ring substituents is 2. The fraction of sp³-hybridized carbons (Fsp3) is 0.519. The number of fused-ring (bicyclic) bond motifs is 2. The highest BCUT2D eigenvalue weighted by Gasteiger charge is 2.60. The number of sulfonamides is 1. The molecule has 2 atom stereocenters. The lowest BCUT2D eigenvalue weighted by molar-refractivity contribution is -0.385. The van der Waals surface area contributed by atoms with Gasteiger partial charge in [0.2, 0.25) is 10.0 Å². The number of piperidine rings is 2. The maximum absolute atomic E-state index is 13.9. The number of nitrogens with one attached hydrogen (secondary N) is 1. The first-order chi connectivity index (χ1) is 18.8. The summed E-state index contributed by atoms with van der Waals surface area (Å²) in [4.78, 5) is 23.9. The predicted molar refractivity (Wildman–Crippen MR) is 152 cm³/mol. The van der Waals surface area contributed by atoms with Crippen LogP contribution >= 0.6 is 0 Å². The molecule has 1 aliphatic carbocycles. The third-order valence-corrected chi connectivity index (χ3v) is 10.9. The summed E-state index contributed by atoms with van der Waals surface area (Å²) in [7, 11) is -4.08. The molecule has 0 amide bonds. The van der Waals surface area contributed by atoms with E-state index >= 15 is 0 Å². The van der Waals surface area contributed by atoms with E-state index in [-0.39, 0.29) is 38.8 Å². The minimum Gasteiger partial charge on any atom is -0.371 e. The molecule has 2 bridgehead atoms. The Bertz CT molecular complexity index is 1480. The molecular formula is C27H34N6O6S.